The maximum atomic E-state index is 12.3. The van der Waals surface area contributed by atoms with Crippen LogP contribution in [0.5, 0.6) is 0 Å². The summed E-state index contributed by atoms with van der Waals surface area (Å²) < 4.78 is 12.6. The number of hydrogen-bond donors (Lipinski definition) is 1. The van der Waals surface area contributed by atoms with Crippen molar-refractivity contribution in [2.24, 2.45) is 0 Å². The molecule has 0 saturated heterocycles. The van der Waals surface area contributed by atoms with Crippen molar-refractivity contribution in [2.45, 2.75) is 40.0 Å². The average molecular weight is 373 g/mol. The molecule has 2 aromatic rings. The van der Waals surface area contributed by atoms with Gasteiger partial charge in [0, 0.05) is 39.7 Å². The Labute approximate surface area is 159 Å². The van der Waals surface area contributed by atoms with Crippen LogP contribution in [0.2, 0.25) is 0 Å². The molecular weight excluding hydrogens is 346 g/mol. The van der Waals surface area contributed by atoms with Gasteiger partial charge in [-0.15, -0.1) is 10.2 Å². The molecule has 0 atom stereocenters. The minimum absolute atomic E-state index is 0.269. The molecule has 0 unspecified atom stereocenters. The summed E-state index contributed by atoms with van der Waals surface area (Å²) in [4.78, 5) is 14.7. The summed E-state index contributed by atoms with van der Waals surface area (Å²) in [7, 11) is 1.58. The van der Waals surface area contributed by atoms with E-state index < -0.39 is 0 Å². The van der Waals surface area contributed by atoms with Crippen LogP contribution in [-0.2, 0) is 30.9 Å². The van der Waals surface area contributed by atoms with Crippen LogP contribution in [0, 0.1) is 0 Å². The van der Waals surface area contributed by atoms with E-state index in [1.54, 1.807) is 19.2 Å². The van der Waals surface area contributed by atoms with E-state index >= 15 is 0 Å². The molecule has 8 heteroatoms. The van der Waals surface area contributed by atoms with Gasteiger partial charge in [-0.1, -0.05) is 11.6 Å². The molecule has 3 rings (SSSR count). The van der Waals surface area contributed by atoms with Crippen molar-refractivity contribution in [1.29, 1.82) is 0 Å². The molecule has 146 valence electrons. The fraction of sp³-hybridized carbons (Fsp3) is 0.526. The van der Waals surface area contributed by atoms with Gasteiger partial charge in [-0.25, -0.2) is 0 Å². The number of ether oxygens (including phenoxy) is 1. The molecule has 2 aromatic heterocycles. The highest BCUT2D eigenvalue weighted by atomic mass is 16.5. The Morgan fingerprint density at radius 2 is 2.19 bits per heavy atom. The second-order valence-corrected chi connectivity index (χ2v) is 6.73. The number of allylic oxidation sites excluding steroid dienone is 1. The highest BCUT2D eigenvalue weighted by Gasteiger charge is 2.19. The van der Waals surface area contributed by atoms with E-state index in [0.29, 0.717) is 18.9 Å². The lowest BCUT2D eigenvalue weighted by molar-refractivity contribution is 0.0913. The van der Waals surface area contributed by atoms with Crippen LogP contribution < -0.4 is 5.32 Å². The fourth-order valence-corrected chi connectivity index (χ4v) is 3.13. The van der Waals surface area contributed by atoms with Gasteiger partial charge in [0.05, 0.1) is 6.54 Å². The van der Waals surface area contributed by atoms with E-state index in [4.69, 9.17) is 9.15 Å². The van der Waals surface area contributed by atoms with E-state index in [-0.39, 0.29) is 11.7 Å². The Kier molecular flexibility index (Phi) is 6.41. The van der Waals surface area contributed by atoms with Crippen LogP contribution in [0.15, 0.2) is 28.2 Å². The number of hydrogen-bond acceptors (Lipinski definition) is 6. The van der Waals surface area contributed by atoms with Gasteiger partial charge >= 0.3 is 0 Å². The van der Waals surface area contributed by atoms with Crippen molar-refractivity contribution in [3.8, 4) is 0 Å². The molecule has 0 fully saturated rings. The Bertz CT molecular complexity index is 808. The summed E-state index contributed by atoms with van der Waals surface area (Å²) in [6.45, 7) is 8.58. The molecule has 0 aliphatic carbocycles. The molecule has 1 N–H and O–H groups in total. The monoisotopic (exact) mass is 373 g/mol. The van der Waals surface area contributed by atoms with Gasteiger partial charge in [-0.2, -0.15) is 0 Å². The number of nitrogens with one attached hydrogen (secondary N) is 1. The minimum Gasteiger partial charge on any atom is -0.453 e. The third kappa shape index (κ3) is 4.84. The molecule has 8 nitrogen and oxygen atoms in total. The van der Waals surface area contributed by atoms with Gasteiger partial charge in [0.2, 0.25) is 0 Å². The first kappa shape index (κ1) is 19.3. The molecule has 0 bridgehead atoms. The van der Waals surface area contributed by atoms with Crippen LogP contribution in [0.3, 0.4) is 0 Å². The largest absolute Gasteiger partial charge is 0.453 e. The number of amides is 1. The Morgan fingerprint density at radius 1 is 1.33 bits per heavy atom. The number of carbonyl (C=O) groups is 1. The second-order valence-electron chi connectivity index (χ2n) is 6.73. The highest BCUT2D eigenvalue weighted by Crippen LogP contribution is 2.12. The summed E-state index contributed by atoms with van der Waals surface area (Å²) in [6, 6.07) is 3.39. The highest BCUT2D eigenvalue weighted by molar-refractivity contribution is 5.91. The molecule has 1 aliphatic rings. The summed E-state index contributed by atoms with van der Waals surface area (Å²) >= 11 is 0. The van der Waals surface area contributed by atoms with Gasteiger partial charge in [0.15, 0.2) is 11.6 Å². The number of aromatic nitrogens is 3. The summed E-state index contributed by atoms with van der Waals surface area (Å²) in [5.41, 5.74) is 1.37. The van der Waals surface area contributed by atoms with Crippen molar-refractivity contribution >= 4 is 5.91 Å². The lowest BCUT2D eigenvalue weighted by Crippen LogP contribution is -2.29. The first-order valence-electron chi connectivity index (χ1n) is 9.21. The fourth-order valence-electron chi connectivity index (χ4n) is 3.13. The third-order valence-electron chi connectivity index (χ3n) is 4.74. The molecule has 0 spiro atoms. The molecule has 0 aromatic carbocycles. The van der Waals surface area contributed by atoms with E-state index in [0.717, 1.165) is 44.2 Å². The minimum atomic E-state index is -0.270. The average Bonchev–Trinajstić information content (AvgIpc) is 3.24. The van der Waals surface area contributed by atoms with E-state index in [2.05, 4.69) is 44.9 Å². The smallest absolute Gasteiger partial charge is 0.287 e. The Hall–Kier alpha value is -2.45. The molecule has 1 aliphatic heterocycles. The summed E-state index contributed by atoms with van der Waals surface area (Å²) in [6.07, 6.45) is 3.01. The Balaban J connectivity index is 1.58. The van der Waals surface area contributed by atoms with Crippen LogP contribution in [0.25, 0.3) is 0 Å². The molecule has 27 heavy (non-hydrogen) atoms. The van der Waals surface area contributed by atoms with Gasteiger partial charge < -0.3 is 19.0 Å². The van der Waals surface area contributed by atoms with Gasteiger partial charge in [0.25, 0.3) is 5.91 Å². The quantitative estimate of drug-likeness (QED) is 0.745. The van der Waals surface area contributed by atoms with E-state index in [9.17, 15) is 4.79 Å². The number of carbonyl (C=O) groups excluding carboxylic acids is 1. The summed E-state index contributed by atoms with van der Waals surface area (Å²) in [5, 5.41) is 11.4. The third-order valence-corrected chi connectivity index (χ3v) is 4.74. The Morgan fingerprint density at radius 3 is 2.96 bits per heavy atom. The van der Waals surface area contributed by atoms with E-state index in [1.807, 2.05) is 0 Å². The van der Waals surface area contributed by atoms with Gasteiger partial charge in [0.1, 0.15) is 18.2 Å². The maximum Gasteiger partial charge on any atom is 0.287 e. The normalized spacial score (nSPS) is 15.4. The number of methoxy groups -OCH3 is 1. The summed E-state index contributed by atoms with van der Waals surface area (Å²) in [5.74, 6) is 2.36. The van der Waals surface area contributed by atoms with Crippen LogP contribution in [0.4, 0.5) is 0 Å². The van der Waals surface area contributed by atoms with Crippen LogP contribution in [-0.4, -0.2) is 52.3 Å². The number of fused-ring (bicyclic) bond motifs is 1. The predicted octanol–water partition coefficient (Wildman–Crippen LogP) is 1.77. The lowest BCUT2D eigenvalue weighted by atomic mass is 10.2. The topological polar surface area (TPSA) is 85.4 Å². The van der Waals surface area contributed by atoms with Crippen LogP contribution in [0.1, 0.15) is 41.8 Å². The van der Waals surface area contributed by atoms with Gasteiger partial charge in [-0.05, 0) is 26.0 Å². The van der Waals surface area contributed by atoms with Crippen molar-refractivity contribution in [2.75, 3.05) is 26.7 Å². The SMILES string of the molecule is C/C=C(\C)CN1CCc2nnc(CNC(=O)c3ccc(COC)o3)n2CC1. The molecule has 1 amide bonds. The maximum absolute atomic E-state index is 12.3. The molecule has 0 saturated carbocycles. The van der Waals surface area contributed by atoms with Crippen LogP contribution >= 0.6 is 0 Å². The first-order valence-corrected chi connectivity index (χ1v) is 9.21. The number of nitrogens with zero attached hydrogens (tertiary/aromatic N) is 4. The number of rotatable bonds is 7. The zero-order valence-corrected chi connectivity index (χ0v) is 16.2. The lowest BCUT2D eigenvalue weighted by Gasteiger charge is -2.19. The van der Waals surface area contributed by atoms with Crippen molar-refractivity contribution in [3.63, 3.8) is 0 Å². The van der Waals surface area contributed by atoms with E-state index in [1.165, 1.54) is 5.57 Å². The standard InChI is InChI=1S/C19H27N5O3/c1-4-14(2)12-23-8-7-17-21-22-18(24(17)10-9-23)11-20-19(25)16-6-5-15(27-16)13-26-3/h4-6H,7-13H2,1-3H3,(H,20,25)/b14-4+. The van der Waals surface area contributed by atoms with Crippen molar-refractivity contribution in [3.05, 3.63) is 47.0 Å². The number of furan rings is 1. The first-order chi connectivity index (χ1) is 13.1. The van der Waals surface area contributed by atoms with Crippen molar-refractivity contribution < 1.29 is 13.9 Å². The van der Waals surface area contributed by atoms with Crippen molar-refractivity contribution in [1.82, 2.24) is 25.0 Å². The molecule has 0 radical (unpaired) electrons. The molecular formula is C19H27N5O3. The predicted molar refractivity (Wildman–Crippen MR) is 100 cm³/mol. The zero-order chi connectivity index (χ0) is 19.2. The second kappa shape index (κ2) is 8.96. The molecule has 3 heterocycles. The van der Waals surface area contributed by atoms with Gasteiger partial charge in [-0.3, -0.25) is 9.69 Å². The zero-order valence-electron chi connectivity index (χ0n) is 16.2.